The number of hydrogen-bond donors (Lipinski definition) is 2. The number of carbonyl (C=O) groups is 1. The van der Waals surface area contributed by atoms with E-state index in [0.717, 1.165) is 36.9 Å². The average molecular weight is 283 g/mol. The van der Waals surface area contributed by atoms with Gasteiger partial charge in [0.15, 0.2) is 6.04 Å². The van der Waals surface area contributed by atoms with Crippen LogP contribution < -0.4 is 15.1 Å². The number of para-hydroxylation sites is 1. The molecule has 1 fully saturated rings. The van der Waals surface area contributed by atoms with Crippen LogP contribution in [0.15, 0.2) is 24.3 Å². The molecule has 1 atom stereocenters. The van der Waals surface area contributed by atoms with E-state index >= 15 is 0 Å². The van der Waals surface area contributed by atoms with E-state index in [0.29, 0.717) is 0 Å². The van der Waals surface area contributed by atoms with Crippen LogP contribution in [0.1, 0.15) is 6.92 Å². The van der Waals surface area contributed by atoms with Crippen LogP contribution in [-0.2, 0) is 4.79 Å². The summed E-state index contributed by atoms with van der Waals surface area (Å²) in [5.41, 5.74) is 1.09. The van der Waals surface area contributed by atoms with Gasteiger partial charge in [0.2, 0.25) is 0 Å². The summed E-state index contributed by atoms with van der Waals surface area (Å²) in [6.45, 7) is 5.76. The molecule has 1 saturated heterocycles. The summed E-state index contributed by atoms with van der Waals surface area (Å²) in [4.78, 5) is 15.3. The number of piperazine rings is 1. The largest absolute Gasteiger partial charge is 0.359 e. The predicted octanol–water partition coefficient (Wildman–Crippen LogP) is 0.179. The van der Waals surface area contributed by atoms with E-state index in [1.807, 2.05) is 25.1 Å². The van der Waals surface area contributed by atoms with Gasteiger partial charge in [-0.1, -0.05) is 23.7 Å². The lowest BCUT2D eigenvalue weighted by Crippen LogP contribution is -3.19. The Morgan fingerprint density at radius 2 is 2.00 bits per heavy atom. The van der Waals surface area contributed by atoms with Crippen molar-refractivity contribution in [3.8, 4) is 0 Å². The van der Waals surface area contributed by atoms with Gasteiger partial charge in [-0.05, 0) is 19.1 Å². The lowest BCUT2D eigenvalue weighted by Gasteiger charge is -2.36. The van der Waals surface area contributed by atoms with E-state index in [1.54, 1.807) is 7.05 Å². The molecule has 1 heterocycles. The van der Waals surface area contributed by atoms with Gasteiger partial charge in [-0.25, -0.2) is 0 Å². The number of nitrogens with zero attached hydrogens (tertiary/aromatic N) is 1. The predicted molar refractivity (Wildman–Crippen MR) is 77.9 cm³/mol. The van der Waals surface area contributed by atoms with Crippen molar-refractivity contribution >= 4 is 23.2 Å². The molecule has 1 aromatic rings. The number of benzene rings is 1. The van der Waals surface area contributed by atoms with Crippen molar-refractivity contribution in [2.75, 3.05) is 38.1 Å². The number of amides is 1. The number of hydrogen-bond acceptors (Lipinski definition) is 2. The second-order valence-electron chi connectivity index (χ2n) is 4.93. The van der Waals surface area contributed by atoms with Gasteiger partial charge in [0, 0.05) is 7.05 Å². The molecule has 104 valence electrons. The zero-order valence-electron chi connectivity index (χ0n) is 11.4. The van der Waals surface area contributed by atoms with Crippen molar-refractivity contribution in [1.29, 1.82) is 0 Å². The van der Waals surface area contributed by atoms with Crippen LogP contribution in [0.5, 0.6) is 0 Å². The first-order valence-electron chi connectivity index (χ1n) is 6.69. The number of anilines is 1. The molecule has 1 aliphatic rings. The maximum absolute atomic E-state index is 11.7. The first-order chi connectivity index (χ1) is 9.13. The van der Waals surface area contributed by atoms with Crippen molar-refractivity contribution in [2.24, 2.45) is 0 Å². The lowest BCUT2D eigenvalue weighted by molar-refractivity contribution is -0.914. The summed E-state index contributed by atoms with van der Waals surface area (Å²) in [5, 5.41) is 3.52. The molecule has 0 bridgehead atoms. The zero-order valence-corrected chi connectivity index (χ0v) is 12.2. The lowest BCUT2D eigenvalue weighted by atomic mass is 10.2. The van der Waals surface area contributed by atoms with Crippen molar-refractivity contribution < 1.29 is 9.69 Å². The number of rotatable bonds is 3. The number of nitrogens with one attached hydrogen (secondary N) is 2. The Labute approximate surface area is 119 Å². The second-order valence-corrected chi connectivity index (χ2v) is 5.34. The zero-order chi connectivity index (χ0) is 13.8. The smallest absolute Gasteiger partial charge is 0.277 e. The van der Waals surface area contributed by atoms with E-state index < -0.39 is 0 Å². The fraction of sp³-hybridized carbons (Fsp3) is 0.500. The van der Waals surface area contributed by atoms with Crippen molar-refractivity contribution in [3.05, 3.63) is 29.3 Å². The van der Waals surface area contributed by atoms with E-state index in [2.05, 4.69) is 16.3 Å². The molecule has 19 heavy (non-hydrogen) atoms. The molecule has 0 aromatic heterocycles. The van der Waals surface area contributed by atoms with Crippen LogP contribution in [0.3, 0.4) is 0 Å². The van der Waals surface area contributed by atoms with Gasteiger partial charge in [-0.3, -0.25) is 4.79 Å². The molecule has 1 aliphatic heterocycles. The molecular weight excluding hydrogens is 262 g/mol. The van der Waals surface area contributed by atoms with E-state index in [4.69, 9.17) is 11.6 Å². The van der Waals surface area contributed by atoms with Crippen LogP contribution >= 0.6 is 11.6 Å². The molecule has 0 radical (unpaired) electrons. The van der Waals surface area contributed by atoms with Gasteiger partial charge in [0.1, 0.15) is 0 Å². The Balaban J connectivity index is 1.96. The van der Waals surface area contributed by atoms with Gasteiger partial charge in [-0.2, -0.15) is 0 Å². The maximum Gasteiger partial charge on any atom is 0.277 e. The SMILES string of the molecule is CNC(=O)[C@@H](C)[NH+]1CCN(c2ccccc2Cl)CC1. The van der Waals surface area contributed by atoms with Crippen LogP contribution in [0.2, 0.25) is 5.02 Å². The fourth-order valence-corrected chi connectivity index (χ4v) is 2.83. The molecule has 0 unspecified atom stereocenters. The molecule has 0 aliphatic carbocycles. The highest BCUT2D eigenvalue weighted by atomic mass is 35.5. The Hall–Kier alpha value is -1.26. The van der Waals surface area contributed by atoms with Crippen LogP contribution in [-0.4, -0.2) is 45.2 Å². The highest BCUT2D eigenvalue weighted by Crippen LogP contribution is 2.24. The summed E-state index contributed by atoms with van der Waals surface area (Å²) in [6.07, 6.45) is 0. The Morgan fingerprint density at radius 1 is 1.37 bits per heavy atom. The third-order valence-corrected chi connectivity index (χ3v) is 4.17. The minimum absolute atomic E-state index is 0.0124. The normalized spacial score (nSPS) is 18.2. The van der Waals surface area contributed by atoms with Crippen LogP contribution in [0.25, 0.3) is 0 Å². The Bertz CT molecular complexity index is 444. The first kappa shape index (κ1) is 14.2. The minimum atomic E-state index is 0.0124. The summed E-state index contributed by atoms with van der Waals surface area (Å²) in [7, 11) is 1.69. The van der Waals surface area contributed by atoms with Crippen molar-refractivity contribution in [1.82, 2.24) is 5.32 Å². The number of likely N-dealkylation sites (N-methyl/N-ethyl adjacent to an activating group) is 1. The third kappa shape index (κ3) is 3.19. The molecule has 2 rings (SSSR count). The summed E-state index contributed by atoms with van der Waals surface area (Å²) >= 11 is 6.22. The Kier molecular flexibility index (Phi) is 4.66. The molecule has 5 heteroatoms. The second kappa shape index (κ2) is 6.26. The van der Waals surface area contributed by atoms with Gasteiger partial charge >= 0.3 is 0 Å². The van der Waals surface area contributed by atoms with Gasteiger partial charge in [-0.15, -0.1) is 0 Å². The molecule has 1 amide bonds. The Morgan fingerprint density at radius 3 is 2.58 bits per heavy atom. The van der Waals surface area contributed by atoms with Crippen molar-refractivity contribution in [3.63, 3.8) is 0 Å². The highest BCUT2D eigenvalue weighted by Gasteiger charge is 2.28. The highest BCUT2D eigenvalue weighted by molar-refractivity contribution is 6.33. The molecule has 4 nitrogen and oxygen atoms in total. The van der Waals surface area contributed by atoms with E-state index in [-0.39, 0.29) is 11.9 Å². The summed E-state index contributed by atoms with van der Waals surface area (Å²) < 4.78 is 0. The van der Waals surface area contributed by atoms with Gasteiger partial charge in [0.05, 0.1) is 36.9 Å². The molecule has 0 spiro atoms. The monoisotopic (exact) mass is 282 g/mol. The topological polar surface area (TPSA) is 36.8 Å². The molecule has 1 aromatic carbocycles. The van der Waals surface area contributed by atoms with Crippen LogP contribution in [0, 0.1) is 0 Å². The van der Waals surface area contributed by atoms with Crippen molar-refractivity contribution in [2.45, 2.75) is 13.0 Å². The van der Waals surface area contributed by atoms with E-state index in [1.165, 1.54) is 4.90 Å². The van der Waals surface area contributed by atoms with Crippen LogP contribution in [0.4, 0.5) is 5.69 Å². The number of carbonyl (C=O) groups excluding carboxylic acids is 1. The summed E-state index contributed by atoms with van der Waals surface area (Å²) in [6, 6.07) is 7.94. The summed E-state index contributed by atoms with van der Waals surface area (Å²) in [5.74, 6) is 0.112. The van der Waals surface area contributed by atoms with Gasteiger partial charge in [0.25, 0.3) is 5.91 Å². The average Bonchev–Trinajstić information content (AvgIpc) is 2.46. The number of quaternary nitrogens is 1. The van der Waals surface area contributed by atoms with E-state index in [9.17, 15) is 4.79 Å². The molecule has 0 saturated carbocycles. The molecular formula is C14H21ClN3O+. The minimum Gasteiger partial charge on any atom is -0.359 e. The number of halogens is 1. The van der Waals surface area contributed by atoms with Gasteiger partial charge < -0.3 is 15.1 Å². The quantitative estimate of drug-likeness (QED) is 0.830. The first-order valence-corrected chi connectivity index (χ1v) is 7.07. The maximum atomic E-state index is 11.7. The molecule has 2 N–H and O–H groups in total. The standard InChI is InChI=1S/C14H20ClN3O/c1-11(14(19)16-2)17-7-9-18(10-8-17)13-6-4-3-5-12(13)15/h3-6,11H,7-10H2,1-2H3,(H,16,19)/p+1/t11-/m1/s1. The fourth-order valence-electron chi connectivity index (χ4n) is 2.58. The third-order valence-electron chi connectivity index (χ3n) is 3.85.